The van der Waals surface area contributed by atoms with Gasteiger partial charge < -0.3 is 19.9 Å². The number of piperidine rings is 1. The maximum atomic E-state index is 13.0. The highest BCUT2D eigenvalue weighted by Gasteiger charge is 2.30. The SMILES string of the molecule is CNC(=O)c1[nH]c(C2CCCN(C(=O)c3scnc3C)C2)nc1-c1ccc(OC)cc1. The molecule has 1 saturated heterocycles. The maximum absolute atomic E-state index is 13.0. The van der Waals surface area contributed by atoms with Crippen molar-refractivity contribution in [1.29, 1.82) is 0 Å². The van der Waals surface area contributed by atoms with Crippen LogP contribution in [0.2, 0.25) is 0 Å². The molecule has 162 valence electrons. The number of nitrogens with zero attached hydrogens (tertiary/aromatic N) is 3. The number of nitrogens with one attached hydrogen (secondary N) is 2. The summed E-state index contributed by atoms with van der Waals surface area (Å²) in [4.78, 5) is 40.3. The lowest BCUT2D eigenvalue weighted by atomic mass is 9.97. The molecule has 0 bridgehead atoms. The van der Waals surface area contributed by atoms with Crippen molar-refractivity contribution in [3.63, 3.8) is 0 Å². The van der Waals surface area contributed by atoms with Gasteiger partial charge in [-0.15, -0.1) is 11.3 Å². The van der Waals surface area contributed by atoms with Crippen LogP contribution in [0.4, 0.5) is 0 Å². The van der Waals surface area contributed by atoms with Gasteiger partial charge in [0.2, 0.25) is 0 Å². The molecule has 2 aromatic heterocycles. The van der Waals surface area contributed by atoms with E-state index in [4.69, 9.17) is 9.72 Å². The molecule has 1 aromatic carbocycles. The van der Waals surface area contributed by atoms with Gasteiger partial charge in [0.15, 0.2) is 0 Å². The third-order valence-electron chi connectivity index (χ3n) is 5.57. The van der Waals surface area contributed by atoms with Crippen LogP contribution in [-0.2, 0) is 0 Å². The van der Waals surface area contributed by atoms with E-state index < -0.39 is 0 Å². The number of amides is 2. The number of aromatic nitrogens is 3. The lowest BCUT2D eigenvalue weighted by molar-refractivity contribution is 0.0708. The summed E-state index contributed by atoms with van der Waals surface area (Å²) >= 11 is 1.37. The molecular formula is C22H25N5O3S. The zero-order chi connectivity index (χ0) is 22.0. The number of aromatic amines is 1. The lowest BCUT2D eigenvalue weighted by Gasteiger charge is -2.31. The number of carbonyl (C=O) groups is 2. The Balaban J connectivity index is 1.62. The molecule has 2 amide bonds. The molecule has 4 rings (SSSR count). The van der Waals surface area contributed by atoms with E-state index in [0.29, 0.717) is 29.4 Å². The Hall–Kier alpha value is -3.20. The van der Waals surface area contributed by atoms with Crippen LogP contribution in [0.1, 0.15) is 50.4 Å². The van der Waals surface area contributed by atoms with E-state index in [1.165, 1.54) is 11.3 Å². The minimum Gasteiger partial charge on any atom is -0.497 e. The molecule has 1 atom stereocenters. The van der Waals surface area contributed by atoms with Crippen LogP contribution >= 0.6 is 11.3 Å². The van der Waals surface area contributed by atoms with Crippen molar-refractivity contribution in [1.82, 2.24) is 25.2 Å². The number of hydrogen-bond donors (Lipinski definition) is 2. The van der Waals surface area contributed by atoms with Crippen molar-refractivity contribution < 1.29 is 14.3 Å². The fourth-order valence-corrected chi connectivity index (χ4v) is 4.64. The first kappa shape index (κ1) is 21.0. The van der Waals surface area contributed by atoms with Crippen molar-refractivity contribution in [3.8, 4) is 17.0 Å². The first-order chi connectivity index (χ1) is 15.0. The van der Waals surface area contributed by atoms with Crippen LogP contribution in [-0.4, -0.2) is 58.9 Å². The number of likely N-dealkylation sites (tertiary alicyclic amines) is 1. The van der Waals surface area contributed by atoms with E-state index in [9.17, 15) is 9.59 Å². The van der Waals surface area contributed by atoms with E-state index in [1.807, 2.05) is 36.1 Å². The summed E-state index contributed by atoms with van der Waals surface area (Å²) in [7, 11) is 3.21. The number of aryl methyl sites for hydroxylation is 1. The van der Waals surface area contributed by atoms with Crippen LogP contribution in [0.15, 0.2) is 29.8 Å². The molecule has 1 aliphatic rings. The van der Waals surface area contributed by atoms with Gasteiger partial charge in [0.05, 0.1) is 18.3 Å². The monoisotopic (exact) mass is 439 g/mol. The van der Waals surface area contributed by atoms with Gasteiger partial charge in [0.1, 0.15) is 27.8 Å². The first-order valence-electron chi connectivity index (χ1n) is 10.2. The van der Waals surface area contributed by atoms with Crippen LogP contribution in [0, 0.1) is 6.92 Å². The summed E-state index contributed by atoms with van der Waals surface area (Å²) in [6.07, 6.45) is 1.77. The predicted octanol–water partition coefficient (Wildman–Crippen LogP) is 3.23. The first-order valence-corrected chi connectivity index (χ1v) is 11.1. The van der Waals surface area contributed by atoms with Crippen LogP contribution in [0.5, 0.6) is 5.75 Å². The Morgan fingerprint density at radius 2 is 2.06 bits per heavy atom. The average molecular weight is 440 g/mol. The van der Waals surface area contributed by atoms with E-state index >= 15 is 0 Å². The topological polar surface area (TPSA) is 100 Å². The zero-order valence-electron chi connectivity index (χ0n) is 17.8. The normalized spacial score (nSPS) is 16.2. The minimum absolute atomic E-state index is 0.0122. The quantitative estimate of drug-likeness (QED) is 0.636. The molecule has 9 heteroatoms. The average Bonchev–Trinajstić information content (AvgIpc) is 3.45. The van der Waals surface area contributed by atoms with Crippen molar-refractivity contribution >= 4 is 23.2 Å². The Kier molecular flexibility index (Phi) is 6.03. The molecule has 31 heavy (non-hydrogen) atoms. The molecule has 0 radical (unpaired) electrons. The van der Waals surface area contributed by atoms with Crippen LogP contribution < -0.4 is 10.1 Å². The van der Waals surface area contributed by atoms with E-state index in [0.717, 1.165) is 35.7 Å². The summed E-state index contributed by atoms with van der Waals surface area (Å²) < 4.78 is 5.23. The summed E-state index contributed by atoms with van der Waals surface area (Å²) in [5.41, 5.74) is 4.31. The van der Waals surface area contributed by atoms with Crippen molar-refractivity contribution in [3.05, 3.63) is 51.9 Å². The Morgan fingerprint density at radius 3 is 2.71 bits per heavy atom. The van der Waals surface area contributed by atoms with E-state index in [1.54, 1.807) is 19.7 Å². The number of rotatable bonds is 5. The molecule has 1 fully saturated rings. The fourth-order valence-electron chi connectivity index (χ4n) is 3.87. The predicted molar refractivity (Wildman–Crippen MR) is 119 cm³/mol. The van der Waals surface area contributed by atoms with Gasteiger partial charge in [0.25, 0.3) is 11.8 Å². The third kappa shape index (κ3) is 4.18. The number of imidazole rings is 1. The molecule has 3 heterocycles. The van der Waals surface area contributed by atoms with Gasteiger partial charge in [-0.2, -0.15) is 0 Å². The van der Waals surface area contributed by atoms with Crippen LogP contribution in [0.3, 0.4) is 0 Å². The van der Waals surface area contributed by atoms with Crippen molar-refractivity contribution in [2.24, 2.45) is 0 Å². The smallest absolute Gasteiger partial charge is 0.269 e. The molecule has 8 nitrogen and oxygen atoms in total. The molecular weight excluding hydrogens is 414 g/mol. The second-order valence-electron chi connectivity index (χ2n) is 7.51. The molecule has 1 aliphatic heterocycles. The number of methoxy groups -OCH3 is 1. The molecule has 3 aromatic rings. The lowest BCUT2D eigenvalue weighted by Crippen LogP contribution is -2.39. The number of H-pyrrole nitrogens is 1. The van der Waals surface area contributed by atoms with Gasteiger partial charge >= 0.3 is 0 Å². The van der Waals surface area contributed by atoms with Gasteiger partial charge in [-0.25, -0.2) is 9.97 Å². The second kappa shape index (κ2) is 8.89. The minimum atomic E-state index is -0.228. The highest BCUT2D eigenvalue weighted by Crippen LogP contribution is 2.31. The molecule has 0 aliphatic carbocycles. The Labute approximate surface area is 184 Å². The number of carbonyl (C=O) groups excluding carboxylic acids is 2. The largest absolute Gasteiger partial charge is 0.497 e. The van der Waals surface area contributed by atoms with E-state index in [2.05, 4.69) is 15.3 Å². The summed E-state index contributed by atoms with van der Waals surface area (Å²) in [5, 5.41) is 2.68. The summed E-state index contributed by atoms with van der Waals surface area (Å²) in [5.74, 6) is 1.27. The van der Waals surface area contributed by atoms with Crippen molar-refractivity contribution in [2.75, 3.05) is 27.2 Å². The van der Waals surface area contributed by atoms with E-state index in [-0.39, 0.29) is 17.7 Å². The van der Waals surface area contributed by atoms with Crippen molar-refractivity contribution in [2.45, 2.75) is 25.7 Å². The number of benzene rings is 1. The fraction of sp³-hybridized carbons (Fsp3) is 0.364. The number of hydrogen-bond acceptors (Lipinski definition) is 6. The summed E-state index contributed by atoms with van der Waals surface area (Å²) in [6, 6.07) is 7.45. The number of ether oxygens (including phenoxy) is 1. The van der Waals surface area contributed by atoms with Gasteiger partial charge in [0, 0.05) is 31.6 Å². The Morgan fingerprint density at radius 1 is 1.29 bits per heavy atom. The van der Waals surface area contributed by atoms with Crippen LogP contribution in [0.25, 0.3) is 11.3 Å². The van der Waals surface area contributed by atoms with Gasteiger partial charge in [-0.05, 0) is 44.0 Å². The molecule has 2 N–H and O–H groups in total. The number of thiazole rings is 1. The standard InChI is InChI=1S/C22H25N5O3S/c1-13-19(31-12-24-13)22(29)27-10-4-5-15(11-27)20-25-17(18(26-20)21(28)23-2)14-6-8-16(30-3)9-7-14/h6-9,12,15H,4-5,10-11H2,1-3H3,(H,23,28)(H,25,26). The highest BCUT2D eigenvalue weighted by atomic mass is 32.1. The van der Waals surface area contributed by atoms with Gasteiger partial charge in [-0.1, -0.05) is 0 Å². The molecule has 0 spiro atoms. The third-order valence-corrected chi connectivity index (χ3v) is 6.49. The molecule has 0 saturated carbocycles. The van der Waals surface area contributed by atoms with Gasteiger partial charge in [-0.3, -0.25) is 9.59 Å². The Bertz CT molecular complexity index is 1090. The zero-order valence-corrected chi connectivity index (χ0v) is 18.6. The summed E-state index contributed by atoms with van der Waals surface area (Å²) in [6.45, 7) is 3.12. The highest BCUT2D eigenvalue weighted by molar-refractivity contribution is 7.11. The maximum Gasteiger partial charge on any atom is 0.269 e. The molecule has 1 unspecified atom stereocenters. The second-order valence-corrected chi connectivity index (χ2v) is 8.37.